The van der Waals surface area contributed by atoms with Gasteiger partial charge in [0.15, 0.2) is 0 Å². The number of aromatic amines is 2. The Kier molecular flexibility index (Phi) is 5.49. The molecule has 1 aromatic carbocycles. The first-order chi connectivity index (χ1) is 13.0. The molecule has 0 unspecified atom stereocenters. The average molecular weight is 365 g/mol. The van der Waals surface area contributed by atoms with E-state index in [9.17, 15) is 9.59 Å². The number of carbonyl (C=O) groups excluding carboxylic acids is 1. The van der Waals surface area contributed by atoms with E-state index in [1.54, 1.807) is 25.1 Å². The van der Waals surface area contributed by atoms with Crippen LogP contribution in [0.5, 0.6) is 0 Å². The van der Waals surface area contributed by atoms with Crippen molar-refractivity contribution in [2.45, 2.75) is 33.2 Å². The van der Waals surface area contributed by atoms with Gasteiger partial charge in [-0.2, -0.15) is 10.1 Å². The second-order valence-electron chi connectivity index (χ2n) is 6.62. The zero-order valence-electron chi connectivity index (χ0n) is 15.7. The Bertz CT molecular complexity index is 965. The van der Waals surface area contributed by atoms with E-state index in [1.807, 2.05) is 37.3 Å². The van der Waals surface area contributed by atoms with Gasteiger partial charge in [-0.3, -0.25) is 9.89 Å². The van der Waals surface area contributed by atoms with Gasteiger partial charge in [-0.15, -0.1) is 0 Å². The number of rotatable bonds is 6. The minimum atomic E-state index is -0.356. The molecule has 0 fully saturated rings. The SMILES string of the molecule is Cc1nc(=O)[nH]c(C)c1CCC(=O)N(C)Cc1cn[nH]c1-c1ccccc1. The van der Waals surface area contributed by atoms with Crippen LogP contribution in [0, 0.1) is 13.8 Å². The summed E-state index contributed by atoms with van der Waals surface area (Å²) in [6.45, 7) is 4.10. The van der Waals surface area contributed by atoms with Crippen molar-refractivity contribution in [2.24, 2.45) is 0 Å². The molecule has 0 bridgehead atoms. The first-order valence-corrected chi connectivity index (χ1v) is 8.83. The zero-order valence-corrected chi connectivity index (χ0v) is 15.7. The van der Waals surface area contributed by atoms with E-state index in [2.05, 4.69) is 20.2 Å². The number of aromatic nitrogens is 4. The predicted molar refractivity (Wildman–Crippen MR) is 103 cm³/mol. The maximum atomic E-state index is 12.6. The number of amides is 1. The molecule has 0 aliphatic rings. The number of benzene rings is 1. The van der Waals surface area contributed by atoms with E-state index >= 15 is 0 Å². The lowest BCUT2D eigenvalue weighted by Gasteiger charge is -2.18. The highest BCUT2D eigenvalue weighted by molar-refractivity contribution is 5.76. The molecule has 0 aliphatic carbocycles. The Hall–Kier alpha value is -3.22. The van der Waals surface area contributed by atoms with E-state index in [0.717, 1.165) is 28.1 Å². The van der Waals surface area contributed by atoms with Crippen molar-refractivity contribution >= 4 is 5.91 Å². The number of nitrogens with zero attached hydrogens (tertiary/aromatic N) is 3. The van der Waals surface area contributed by atoms with Crippen molar-refractivity contribution in [2.75, 3.05) is 7.05 Å². The van der Waals surface area contributed by atoms with Gasteiger partial charge in [-0.25, -0.2) is 4.79 Å². The van der Waals surface area contributed by atoms with E-state index in [-0.39, 0.29) is 11.6 Å². The third-order valence-electron chi connectivity index (χ3n) is 4.66. The van der Waals surface area contributed by atoms with Crippen LogP contribution < -0.4 is 5.69 Å². The molecule has 0 aliphatic heterocycles. The Balaban J connectivity index is 1.66. The number of hydrogen-bond acceptors (Lipinski definition) is 4. The van der Waals surface area contributed by atoms with E-state index in [4.69, 9.17) is 0 Å². The Labute approximate surface area is 157 Å². The summed E-state index contributed by atoms with van der Waals surface area (Å²) in [7, 11) is 1.79. The van der Waals surface area contributed by atoms with E-state index < -0.39 is 0 Å². The van der Waals surface area contributed by atoms with E-state index in [1.165, 1.54) is 0 Å². The maximum absolute atomic E-state index is 12.6. The van der Waals surface area contributed by atoms with Crippen molar-refractivity contribution in [3.63, 3.8) is 0 Å². The van der Waals surface area contributed by atoms with Gasteiger partial charge in [-0.05, 0) is 31.4 Å². The second-order valence-corrected chi connectivity index (χ2v) is 6.62. The van der Waals surface area contributed by atoms with Gasteiger partial charge in [0.05, 0.1) is 11.9 Å². The third-order valence-corrected chi connectivity index (χ3v) is 4.66. The molecule has 0 saturated heterocycles. The van der Waals surface area contributed by atoms with Gasteiger partial charge in [-0.1, -0.05) is 30.3 Å². The minimum absolute atomic E-state index is 0.0280. The first-order valence-electron chi connectivity index (χ1n) is 8.83. The molecule has 7 nitrogen and oxygen atoms in total. The summed E-state index contributed by atoms with van der Waals surface area (Å²) < 4.78 is 0. The first kappa shape index (κ1) is 18.6. The summed E-state index contributed by atoms with van der Waals surface area (Å²) in [5, 5.41) is 7.15. The molecule has 2 heterocycles. The number of nitrogens with one attached hydrogen (secondary N) is 2. The smallest absolute Gasteiger partial charge is 0.341 e. The van der Waals surface area contributed by atoms with Gasteiger partial charge in [0, 0.05) is 37.0 Å². The predicted octanol–water partition coefficient (Wildman–Crippen LogP) is 2.37. The topological polar surface area (TPSA) is 94.7 Å². The summed E-state index contributed by atoms with van der Waals surface area (Å²) in [4.78, 5) is 32.3. The van der Waals surface area contributed by atoms with Crippen LogP contribution in [0.3, 0.4) is 0 Å². The molecular formula is C20H23N5O2. The molecule has 1 amide bonds. The number of aryl methyl sites for hydroxylation is 2. The molecule has 2 N–H and O–H groups in total. The quantitative estimate of drug-likeness (QED) is 0.701. The fourth-order valence-electron chi connectivity index (χ4n) is 3.18. The molecule has 3 rings (SSSR count). The number of hydrogen-bond donors (Lipinski definition) is 2. The molecule has 7 heteroatoms. The highest BCUT2D eigenvalue weighted by atomic mass is 16.2. The van der Waals surface area contributed by atoms with Crippen molar-refractivity contribution in [3.8, 4) is 11.3 Å². The van der Waals surface area contributed by atoms with Crippen molar-refractivity contribution in [3.05, 3.63) is 69.5 Å². The fourth-order valence-corrected chi connectivity index (χ4v) is 3.18. The molecule has 0 atom stereocenters. The number of H-pyrrole nitrogens is 2. The van der Waals surface area contributed by atoms with Gasteiger partial charge < -0.3 is 9.88 Å². The van der Waals surface area contributed by atoms with Crippen LogP contribution in [0.25, 0.3) is 11.3 Å². The highest BCUT2D eigenvalue weighted by Crippen LogP contribution is 2.22. The number of carbonyl (C=O) groups is 1. The van der Waals surface area contributed by atoms with Crippen molar-refractivity contribution in [1.29, 1.82) is 0 Å². The molecule has 2 aromatic heterocycles. The van der Waals surface area contributed by atoms with Gasteiger partial charge >= 0.3 is 5.69 Å². The van der Waals surface area contributed by atoms with Crippen molar-refractivity contribution in [1.82, 2.24) is 25.1 Å². The molecular weight excluding hydrogens is 342 g/mol. The highest BCUT2D eigenvalue weighted by Gasteiger charge is 2.15. The third kappa shape index (κ3) is 4.31. The fraction of sp³-hybridized carbons (Fsp3) is 0.300. The summed E-state index contributed by atoms with van der Waals surface area (Å²) in [6.07, 6.45) is 2.65. The van der Waals surface area contributed by atoms with Crippen molar-refractivity contribution < 1.29 is 4.79 Å². The summed E-state index contributed by atoms with van der Waals surface area (Å²) in [6, 6.07) is 9.92. The minimum Gasteiger partial charge on any atom is -0.341 e. The van der Waals surface area contributed by atoms with Crippen LogP contribution >= 0.6 is 0 Å². The summed E-state index contributed by atoms with van der Waals surface area (Å²) in [5.41, 5.74) is 4.94. The Morgan fingerprint density at radius 2 is 1.93 bits per heavy atom. The Morgan fingerprint density at radius 1 is 1.19 bits per heavy atom. The lowest BCUT2D eigenvalue weighted by molar-refractivity contribution is -0.130. The largest absolute Gasteiger partial charge is 0.345 e. The molecule has 0 spiro atoms. The molecule has 3 aromatic rings. The lowest BCUT2D eigenvalue weighted by atomic mass is 10.1. The van der Waals surface area contributed by atoms with Crippen LogP contribution in [0.4, 0.5) is 0 Å². The van der Waals surface area contributed by atoms with Gasteiger partial charge in [0.1, 0.15) is 0 Å². The lowest BCUT2D eigenvalue weighted by Crippen LogP contribution is -2.27. The maximum Gasteiger partial charge on any atom is 0.345 e. The second kappa shape index (κ2) is 7.99. The van der Waals surface area contributed by atoms with Crippen LogP contribution in [0.1, 0.15) is 28.9 Å². The normalized spacial score (nSPS) is 10.8. The summed E-state index contributed by atoms with van der Waals surface area (Å²) in [5.74, 6) is 0.0280. The van der Waals surface area contributed by atoms with Crippen LogP contribution in [-0.4, -0.2) is 38.0 Å². The summed E-state index contributed by atoms with van der Waals surface area (Å²) >= 11 is 0. The monoisotopic (exact) mass is 365 g/mol. The van der Waals surface area contributed by atoms with Gasteiger partial charge in [0.25, 0.3) is 0 Å². The van der Waals surface area contributed by atoms with Crippen LogP contribution in [-0.2, 0) is 17.8 Å². The zero-order chi connectivity index (χ0) is 19.4. The molecule has 0 saturated carbocycles. The Morgan fingerprint density at radius 3 is 2.63 bits per heavy atom. The molecule has 0 radical (unpaired) electrons. The standard InChI is InChI=1S/C20H23N5O2/c1-13-17(14(2)23-20(27)22-13)9-10-18(26)25(3)12-16-11-21-24-19(16)15-7-5-4-6-8-15/h4-8,11H,9-10,12H2,1-3H3,(H,21,24)(H,22,23,27). The van der Waals surface area contributed by atoms with E-state index in [0.29, 0.717) is 25.1 Å². The molecule has 27 heavy (non-hydrogen) atoms. The average Bonchev–Trinajstić information content (AvgIpc) is 3.09. The van der Waals surface area contributed by atoms with Crippen LogP contribution in [0.2, 0.25) is 0 Å². The van der Waals surface area contributed by atoms with Gasteiger partial charge in [0.2, 0.25) is 5.91 Å². The van der Waals surface area contributed by atoms with Crippen LogP contribution in [0.15, 0.2) is 41.3 Å². The molecule has 140 valence electrons.